The quantitative estimate of drug-likeness (QED) is 0.780. The summed E-state index contributed by atoms with van der Waals surface area (Å²) in [5.74, 6) is -1.77. The predicted molar refractivity (Wildman–Crippen MR) is 65.6 cm³/mol. The smallest absolute Gasteiger partial charge is 0.344 e. The van der Waals surface area contributed by atoms with Crippen molar-refractivity contribution >= 4 is 18.0 Å². The van der Waals surface area contributed by atoms with Gasteiger partial charge in [-0.05, 0) is 25.5 Å². The second-order valence-corrected chi connectivity index (χ2v) is 3.76. The molecule has 1 atom stereocenters. The summed E-state index contributed by atoms with van der Waals surface area (Å²) in [6.45, 7) is 3.18. The Morgan fingerprint density at radius 3 is 2.56 bits per heavy atom. The molecule has 0 saturated carbocycles. The minimum Gasteiger partial charge on any atom is -0.479 e. The lowest BCUT2D eigenvalue weighted by atomic mass is 10.1. The standard InChI is InChI=1S/C13H14O5/c1-8-4-3-5-10(6-7-11(14)15)12(8)18-9(2)13(16)17/h3-7,9H,1-2H3,(H,14,15)(H,16,17)/b7-6+. The second kappa shape index (κ2) is 5.86. The second-order valence-electron chi connectivity index (χ2n) is 3.76. The van der Waals surface area contributed by atoms with E-state index in [1.54, 1.807) is 25.1 Å². The molecule has 1 rings (SSSR count). The fourth-order valence-corrected chi connectivity index (χ4v) is 1.36. The predicted octanol–water partition coefficient (Wildman–Crippen LogP) is 1.94. The van der Waals surface area contributed by atoms with Crippen LogP contribution in [0, 0.1) is 6.92 Å². The fraction of sp³-hybridized carbons (Fsp3) is 0.231. The molecule has 1 aromatic rings. The van der Waals surface area contributed by atoms with Gasteiger partial charge in [-0.15, -0.1) is 0 Å². The van der Waals surface area contributed by atoms with E-state index in [9.17, 15) is 9.59 Å². The number of ether oxygens (including phenoxy) is 1. The first kappa shape index (κ1) is 13.8. The number of aliphatic carboxylic acids is 2. The molecule has 0 radical (unpaired) electrons. The summed E-state index contributed by atoms with van der Waals surface area (Å²) in [6.07, 6.45) is 1.36. The zero-order chi connectivity index (χ0) is 13.7. The molecule has 0 fully saturated rings. The molecule has 96 valence electrons. The number of aryl methyl sites for hydroxylation is 1. The van der Waals surface area contributed by atoms with E-state index in [1.165, 1.54) is 13.0 Å². The highest BCUT2D eigenvalue weighted by atomic mass is 16.5. The van der Waals surface area contributed by atoms with Crippen LogP contribution in [0.5, 0.6) is 5.75 Å². The SMILES string of the molecule is Cc1cccc(/C=C/C(=O)O)c1OC(C)C(=O)O. The topological polar surface area (TPSA) is 83.8 Å². The molecule has 18 heavy (non-hydrogen) atoms. The van der Waals surface area contributed by atoms with Gasteiger partial charge >= 0.3 is 11.9 Å². The van der Waals surface area contributed by atoms with Crippen LogP contribution in [0.3, 0.4) is 0 Å². The average molecular weight is 250 g/mol. The summed E-state index contributed by atoms with van der Waals surface area (Å²) in [5.41, 5.74) is 1.28. The average Bonchev–Trinajstić information content (AvgIpc) is 2.29. The van der Waals surface area contributed by atoms with Crippen LogP contribution in [-0.2, 0) is 9.59 Å². The Hall–Kier alpha value is -2.30. The fourth-order valence-electron chi connectivity index (χ4n) is 1.36. The molecule has 0 aromatic heterocycles. The van der Waals surface area contributed by atoms with E-state index in [0.29, 0.717) is 11.3 Å². The number of hydrogen-bond donors (Lipinski definition) is 2. The van der Waals surface area contributed by atoms with Crippen LogP contribution in [0.1, 0.15) is 18.1 Å². The van der Waals surface area contributed by atoms with E-state index in [1.807, 2.05) is 0 Å². The maximum absolute atomic E-state index is 10.8. The Morgan fingerprint density at radius 2 is 2.00 bits per heavy atom. The number of hydrogen-bond acceptors (Lipinski definition) is 3. The third kappa shape index (κ3) is 3.62. The first-order chi connectivity index (χ1) is 8.41. The van der Waals surface area contributed by atoms with Gasteiger partial charge in [0.15, 0.2) is 6.10 Å². The van der Waals surface area contributed by atoms with Crippen molar-refractivity contribution in [3.05, 3.63) is 35.4 Å². The van der Waals surface area contributed by atoms with Crippen LogP contribution in [0.2, 0.25) is 0 Å². The van der Waals surface area contributed by atoms with Crippen molar-refractivity contribution in [2.24, 2.45) is 0 Å². The van der Waals surface area contributed by atoms with E-state index in [-0.39, 0.29) is 0 Å². The number of carboxylic acid groups (broad SMARTS) is 2. The summed E-state index contributed by atoms with van der Waals surface area (Å²) in [6, 6.07) is 5.17. The van der Waals surface area contributed by atoms with E-state index in [4.69, 9.17) is 14.9 Å². The van der Waals surface area contributed by atoms with Crippen molar-refractivity contribution in [1.29, 1.82) is 0 Å². The summed E-state index contributed by atoms with van der Waals surface area (Å²) >= 11 is 0. The Bertz CT molecular complexity index is 490. The Morgan fingerprint density at radius 1 is 1.33 bits per heavy atom. The van der Waals surface area contributed by atoms with Crippen LogP contribution in [-0.4, -0.2) is 28.3 Å². The molecule has 0 bridgehead atoms. The monoisotopic (exact) mass is 250 g/mol. The van der Waals surface area contributed by atoms with Crippen LogP contribution in [0.25, 0.3) is 6.08 Å². The molecule has 0 saturated heterocycles. The van der Waals surface area contributed by atoms with Gasteiger partial charge in [0.25, 0.3) is 0 Å². The molecule has 0 amide bonds. The van der Waals surface area contributed by atoms with Gasteiger partial charge < -0.3 is 14.9 Å². The van der Waals surface area contributed by atoms with Crippen LogP contribution >= 0.6 is 0 Å². The normalized spacial score (nSPS) is 12.3. The molecule has 5 nitrogen and oxygen atoms in total. The third-order valence-corrected chi connectivity index (χ3v) is 2.29. The summed E-state index contributed by atoms with van der Waals surface area (Å²) in [5, 5.41) is 17.4. The van der Waals surface area contributed by atoms with E-state index < -0.39 is 18.0 Å². The molecule has 0 aliphatic carbocycles. The van der Waals surface area contributed by atoms with Crippen LogP contribution < -0.4 is 4.74 Å². The minimum atomic E-state index is -1.08. The lowest BCUT2D eigenvalue weighted by Gasteiger charge is -2.15. The zero-order valence-corrected chi connectivity index (χ0v) is 10.1. The Balaban J connectivity index is 3.08. The third-order valence-electron chi connectivity index (χ3n) is 2.29. The van der Waals surface area contributed by atoms with Crippen molar-refractivity contribution in [1.82, 2.24) is 0 Å². The Kier molecular flexibility index (Phi) is 4.48. The maximum Gasteiger partial charge on any atom is 0.344 e. The number of carbonyl (C=O) groups is 2. The number of carboxylic acids is 2. The van der Waals surface area contributed by atoms with Crippen molar-refractivity contribution in [3.63, 3.8) is 0 Å². The highest BCUT2D eigenvalue weighted by Gasteiger charge is 2.15. The summed E-state index contributed by atoms with van der Waals surface area (Å²) in [7, 11) is 0. The Labute approximate surface area is 104 Å². The number of benzene rings is 1. The molecule has 1 unspecified atom stereocenters. The largest absolute Gasteiger partial charge is 0.479 e. The minimum absolute atomic E-state index is 0.380. The van der Waals surface area contributed by atoms with Crippen LogP contribution in [0.4, 0.5) is 0 Å². The van der Waals surface area contributed by atoms with E-state index >= 15 is 0 Å². The summed E-state index contributed by atoms with van der Waals surface area (Å²) in [4.78, 5) is 21.2. The van der Waals surface area contributed by atoms with Gasteiger partial charge in [0.1, 0.15) is 5.75 Å². The molecule has 0 aliphatic heterocycles. The molecule has 0 spiro atoms. The zero-order valence-electron chi connectivity index (χ0n) is 10.1. The molecular formula is C13H14O5. The highest BCUT2D eigenvalue weighted by Crippen LogP contribution is 2.25. The van der Waals surface area contributed by atoms with E-state index in [2.05, 4.69) is 0 Å². The van der Waals surface area contributed by atoms with Gasteiger partial charge in [0.05, 0.1) is 0 Å². The van der Waals surface area contributed by atoms with Crippen molar-refractivity contribution in [2.75, 3.05) is 0 Å². The lowest BCUT2D eigenvalue weighted by Crippen LogP contribution is -2.23. The molecule has 1 aromatic carbocycles. The highest BCUT2D eigenvalue weighted by molar-refractivity contribution is 5.86. The molecule has 5 heteroatoms. The van der Waals surface area contributed by atoms with Crippen LogP contribution in [0.15, 0.2) is 24.3 Å². The number of rotatable bonds is 5. The summed E-state index contributed by atoms with van der Waals surface area (Å²) < 4.78 is 5.33. The lowest BCUT2D eigenvalue weighted by molar-refractivity contribution is -0.144. The molecule has 2 N–H and O–H groups in total. The van der Waals surface area contributed by atoms with Gasteiger partial charge in [-0.3, -0.25) is 0 Å². The van der Waals surface area contributed by atoms with Gasteiger partial charge in [-0.1, -0.05) is 18.2 Å². The van der Waals surface area contributed by atoms with Gasteiger partial charge in [0.2, 0.25) is 0 Å². The van der Waals surface area contributed by atoms with Gasteiger partial charge in [-0.25, -0.2) is 9.59 Å². The molecule has 0 heterocycles. The maximum atomic E-state index is 10.8. The van der Waals surface area contributed by atoms with Crippen molar-refractivity contribution < 1.29 is 24.5 Å². The van der Waals surface area contributed by atoms with Gasteiger partial charge in [-0.2, -0.15) is 0 Å². The molecule has 0 aliphatic rings. The van der Waals surface area contributed by atoms with E-state index in [0.717, 1.165) is 11.6 Å². The first-order valence-corrected chi connectivity index (χ1v) is 5.32. The first-order valence-electron chi connectivity index (χ1n) is 5.32. The number of para-hydroxylation sites is 1. The molecular weight excluding hydrogens is 236 g/mol. The van der Waals surface area contributed by atoms with Crippen molar-refractivity contribution in [2.45, 2.75) is 20.0 Å². The van der Waals surface area contributed by atoms with Gasteiger partial charge in [0, 0.05) is 11.6 Å². The van der Waals surface area contributed by atoms with Crippen molar-refractivity contribution in [3.8, 4) is 5.75 Å².